The fourth-order valence-corrected chi connectivity index (χ4v) is 2.95. The predicted octanol–water partition coefficient (Wildman–Crippen LogP) is 3.46. The summed E-state index contributed by atoms with van der Waals surface area (Å²) in [6.07, 6.45) is 2.96. The minimum atomic E-state index is -0.202. The number of hydrogen-bond acceptors (Lipinski definition) is 3. The lowest BCUT2D eigenvalue weighted by Crippen LogP contribution is -2.45. The minimum absolute atomic E-state index is 0.0931. The maximum Gasteiger partial charge on any atom is 0.321 e. The SMILES string of the molecule is CCCOC1CCCN(C(=O)Nc2ccc(Cl)c(C(=O)N(C)C)c2)C1. The van der Waals surface area contributed by atoms with Gasteiger partial charge in [-0.3, -0.25) is 4.79 Å². The number of hydrogen-bond donors (Lipinski definition) is 1. The van der Waals surface area contributed by atoms with Gasteiger partial charge in [-0.1, -0.05) is 18.5 Å². The van der Waals surface area contributed by atoms with E-state index in [0.717, 1.165) is 19.3 Å². The first kappa shape index (κ1) is 19.5. The minimum Gasteiger partial charge on any atom is -0.376 e. The highest BCUT2D eigenvalue weighted by Gasteiger charge is 2.24. The Morgan fingerprint density at radius 2 is 2.16 bits per heavy atom. The predicted molar refractivity (Wildman–Crippen MR) is 99.3 cm³/mol. The van der Waals surface area contributed by atoms with E-state index in [4.69, 9.17) is 16.3 Å². The van der Waals surface area contributed by atoms with E-state index in [-0.39, 0.29) is 18.0 Å². The summed E-state index contributed by atoms with van der Waals surface area (Å²) in [6.45, 7) is 4.07. The molecule has 1 fully saturated rings. The molecule has 7 heteroatoms. The first-order valence-corrected chi connectivity index (χ1v) is 8.99. The number of halogens is 1. The van der Waals surface area contributed by atoms with E-state index in [9.17, 15) is 9.59 Å². The molecule has 1 aliphatic heterocycles. The van der Waals surface area contributed by atoms with Crippen LogP contribution in [0.5, 0.6) is 0 Å². The van der Waals surface area contributed by atoms with E-state index >= 15 is 0 Å². The number of nitrogens with one attached hydrogen (secondary N) is 1. The molecule has 25 heavy (non-hydrogen) atoms. The van der Waals surface area contributed by atoms with Crippen molar-refractivity contribution in [3.05, 3.63) is 28.8 Å². The van der Waals surface area contributed by atoms with Crippen molar-refractivity contribution < 1.29 is 14.3 Å². The number of rotatable bonds is 5. The molecule has 0 aliphatic carbocycles. The van der Waals surface area contributed by atoms with Crippen molar-refractivity contribution in [2.75, 3.05) is 39.1 Å². The Morgan fingerprint density at radius 1 is 1.40 bits per heavy atom. The zero-order valence-corrected chi connectivity index (χ0v) is 15.8. The number of amides is 3. The number of urea groups is 1. The summed E-state index contributed by atoms with van der Waals surface area (Å²) in [5.41, 5.74) is 0.920. The summed E-state index contributed by atoms with van der Waals surface area (Å²) in [5.74, 6) is -0.202. The van der Waals surface area contributed by atoms with Crippen LogP contribution in [0.15, 0.2) is 18.2 Å². The molecular weight excluding hydrogens is 342 g/mol. The summed E-state index contributed by atoms with van der Waals surface area (Å²) in [5, 5.41) is 3.22. The molecule has 1 unspecified atom stereocenters. The van der Waals surface area contributed by atoms with E-state index < -0.39 is 0 Å². The fraction of sp³-hybridized carbons (Fsp3) is 0.556. The van der Waals surface area contributed by atoms with Crippen molar-refractivity contribution in [3.63, 3.8) is 0 Å². The highest BCUT2D eigenvalue weighted by Crippen LogP contribution is 2.22. The van der Waals surface area contributed by atoms with Gasteiger partial charge in [-0.05, 0) is 37.5 Å². The number of likely N-dealkylation sites (tertiary alicyclic amines) is 1. The van der Waals surface area contributed by atoms with Gasteiger partial charge in [-0.2, -0.15) is 0 Å². The number of nitrogens with zero attached hydrogens (tertiary/aromatic N) is 2. The van der Waals surface area contributed by atoms with Crippen molar-refractivity contribution in [3.8, 4) is 0 Å². The molecule has 0 aromatic heterocycles. The van der Waals surface area contributed by atoms with Crippen LogP contribution in [0, 0.1) is 0 Å². The van der Waals surface area contributed by atoms with Gasteiger partial charge >= 0.3 is 6.03 Å². The number of carbonyl (C=O) groups is 2. The highest BCUT2D eigenvalue weighted by molar-refractivity contribution is 6.34. The average Bonchev–Trinajstić information content (AvgIpc) is 2.61. The molecular formula is C18H26ClN3O3. The van der Waals surface area contributed by atoms with E-state index in [1.165, 1.54) is 4.90 Å². The van der Waals surface area contributed by atoms with E-state index in [0.29, 0.717) is 36.0 Å². The number of anilines is 1. The maximum absolute atomic E-state index is 12.5. The molecule has 1 aliphatic rings. The zero-order valence-electron chi connectivity index (χ0n) is 15.0. The quantitative estimate of drug-likeness (QED) is 0.866. The third-order valence-electron chi connectivity index (χ3n) is 4.08. The second-order valence-electron chi connectivity index (χ2n) is 6.41. The number of ether oxygens (including phenoxy) is 1. The Labute approximate surface area is 154 Å². The van der Waals surface area contributed by atoms with E-state index in [1.54, 1.807) is 37.2 Å². The van der Waals surface area contributed by atoms with Crippen molar-refractivity contribution >= 4 is 29.2 Å². The molecule has 3 amide bonds. The van der Waals surface area contributed by atoms with Gasteiger partial charge in [-0.15, -0.1) is 0 Å². The first-order chi connectivity index (χ1) is 11.9. The van der Waals surface area contributed by atoms with Gasteiger partial charge in [0, 0.05) is 39.5 Å². The Morgan fingerprint density at radius 3 is 2.84 bits per heavy atom. The van der Waals surface area contributed by atoms with Crippen LogP contribution in [0.25, 0.3) is 0 Å². The second-order valence-corrected chi connectivity index (χ2v) is 6.81. The molecule has 1 N–H and O–H groups in total. The van der Waals surface area contributed by atoms with Crippen LogP contribution in [0.2, 0.25) is 5.02 Å². The molecule has 2 rings (SSSR count). The normalized spacial score (nSPS) is 17.3. The van der Waals surface area contributed by atoms with Crippen LogP contribution >= 0.6 is 11.6 Å². The van der Waals surface area contributed by atoms with E-state index in [1.807, 2.05) is 0 Å². The van der Waals surface area contributed by atoms with Gasteiger partial charge < -0.3 is 19.9 Å². The summed E-state index contributed by atoms with van der Waals surface area (Å²) in [4.78, 5) is 27.9. The van der Waals surface area contributed by atoms with Crippen LogP contribution in [-0.4, -0.2) is 61.6 Å². The largest absolute Gasteiger partial charge is 0.376 e. The van der Waals surface area contributed by atoms with Gasteiger partial charge in [0.25, 0.3) is 5.91 Å². The molecule has 1 aromatic carbocycles. The van der Waals surface area contributed by atoms with Crippen LogP contribution < -0.4 is 5.32 Å². The van der Waals surface area contributed by atoms with Crippen molar-refractivity contribution in [1.82, 2.24) is 9.80 Å². The maximum atomic E-state index is 12.5. The van der Waals surface area contributed by atoms with Crippen LogP contribution in [-0.2, 0) is 4.74 Å². The molecule has 1 atom stereocenters. The standard InChI is InChI=1S/C18H26ClN3O3/c1-4-10-25-14-6-5-9-22(12-14)18(24)20-13-7-8-16(19)15(11-13)17(23)21(2)3/h7-8,11,14H,4-6,9-10,12H2,1-3H3,(H,20,24). The molecule has 138 valence electrons. The molecule has 0 spiro atoms. The molecule has 0 bridgehead atoms. The van der Waals surface area contributed by atoms with Gasteiger partial charge in [0.15, 0.2) is 0 Å². The summed E-state index contributed by atoms with van der Waals surface area (Å²) in [6, 6.07) is 4.74. The summed E-state index contributed by atoms with van der Waals surface area (Å²) >= 11 is 6.10. The molecule has 1 heterocycles. The van der Waals surface area contributed by atoms with Crippen LogP contribution in [0.4, 0.5) is 10.5 Å². The molecule has 1 saturated heterocycles. The third-order valence-corrected chi connectivity index (χ3v) is 4.41. The van der Waals surface area contributed by atoms with E-state index in [2.05, 4.69) is 12.2 Å². The highest BCUT2D eigenvalue weighted by atomic mass is 35.5. The van der Waals surface area contributed by atoms with Gasteiger partial charge in [0.05, 0.1) is 16.7 Å². The average molecular weight is 368 g/mol. The Balaban J connectivity index is 2.02. The first-order valence-electron chi connectivity index (χ1n) is 8.61. The Kier molecular flexibility index (Phi) is 7.08. The van der Waals surface area contributed by atoms with Gasteiger partial charge in [0.1, 0.15) is 0 Å². The Hall–Kier alpha value is -1.79. The summed E-state index contributed by atoms with van der Waals surface area (Å²) < 4.78 is 5.77. The molecule has 6 nitrogen and oxygen atoms in total. The van der Waals surface area contributed by atoms with Crippen molar-refractivity contribution in [1.29, 1.82) is 0 Å². The van der Waals surface area contributed by atoms with Crippen LogP contribution in [0.1, 0.15) is 36.5 Å². The van der Waals surface area contributed by atoms with Crippen LogP contribution in [0.3, 0.4) is 0 Å². The third kappa shape index (κ3) is 5.34. The number of benzene rings is 1. The number of piperidine rings is 1. The van der Waals surface area contributed by atoms with Gasteiger partial charge in [-0.25, -0.2) is 4.79 Å². The van der Waals surface area contributed by atoms with Crippen molar-refractivity contribution in [2.45, 2.75) is 32.3 Å². The molecule has 0 saturated carbocycles. The smallest absolute Gasteiger partial charge is 0.321 e. The second kappa shape index (κ2) is 9.06. The lowest BCUT2D eigenvalue weighted by atomic mass is 10.1. The molecule has 1 aromatic rings. The molecule has 0 radical (unpaired) electrons. The summed E-state index contributed by atoms with van der Waals surface area (Å²) in [7, 11) is 3.32. The van der Waals surface area contributed by atoms with Crippen molar-refractivity contribution in [2.24, 2.45) is 0 Å². The van der Waals surface area contributed by atoms with Gasteiger partial charge in [0.2, 0.25) is 0 Å². The Bertz CT molecular complexity index is 622. The lowest BCUT2D eigenvalue weighted by molar-refractivity contribution is 0.0115. The lowest BCUT2D eigenvalue weighted by Gasteiger charge is -2.32. The number of carbonyl (C=O) groups excluding carboxylic acids is 2. The zero-order chi connectivity index (χ0) is 18.4. The fourth-order valence-electron chi connectivity index (χ4n) is 2.75. The topological polar surface area (TPSA) is 61.9 Å². The monoisotopic (exact) mass is 367 g/mol.